The zero-order valence-electron chi connectivity index (χ0n) is 15.5. The molecular formula is C20H22N6O2. The fraction of sp³-hybridized carbons (Fsp3) is 0.350. The number of hydrogen-bond donors (Lipinski definition) is 1. The molecule has 28 heavy (non-hydrogen) atoms. The number of tetrazole rings is 1. The third kappa shape index (κ3) is 3.33. The van der Waals surface area contributed by atoms with Crippen LogP contribution in [-0.4, -0.2) is 52.6 Å². The number of fused-ring (bicyclic) bond motifs is 1. The number of aromatic nitrogens is 4. The highest BCUT2D eigenvalue weighted by Crippen LogP contribution is 2.33. The fourth-order valence-electron chi connectivity index (χ4n) is 3.76. The van der Waals surface area contributed by atoms with E-state index in [1.165, 1.54) is 0 Å². The third-order valence-electron chi connectivity index (χ3n) is 5.07. The number of nitrogens with one attached hydrogen (secondary N) is 1. The lowest BCUT2D eigenvalue weighted by Crippen LogP contribution is -2.43. The second-order valence-electron chi connectivity index (χ2n) is 7.01. The van der Waals surface area contributed by atoms with Gasteiger partial charge >= 0.3 is 0 Å². The molecule has 2 aromatic carbocycles. The number of rotatable bonds is 4. The van der Waals surface area contributed by atoms with Crippen LogP contribution in [0.3, 0.4) is 0 Å². The Balaban J connectivity index is 1.32. The first-order chi connectivity index (χ1) is 13.9. The van der Waals surface area contributed by atoms with Crippen molar-refractivity contribution < 1.29 is 9.47 Å². The van der Waals surface area contributed by atoms with Gasteiger partial charge in [0.05, 0.1) is 5.69 Å². The average Bonchev–Trinajstić information content (AvgIpc) is 3.25. The SMILES string of the molecule is c1ccc(-n2nnnc2N2CCC[C@@H](Nc3ccc4c(c3)OCCO4)C2)cc1. The van der Waals surface area contributed by atoms with Crippen LogP contribution in [0.2, 0.25) is 0 Å². The van der Waals surface area contributed by atoms with Gasteiger partial charge in [0.15, 0.2) is 11.5 Å². The summed E-state index contributed by atoms with van der Waals surface area (Å²) in [6.45, 7) is 2.97. The van der Waals surface area contributed by atoms with Gasteiger partial charge in [-0.3, -0.25) is 0 Å². The minimum absolute atomic E-state index is 0.303. The van der Waals surface area contributed by atoms with Crippen molar-refractivity contribution in [2.24, 2.45) is 0 Å². The third-order valence-corrected chi connectivity index (χ3v) is 5.07. The smallest absolute Gasteiger partial charge is 0.250 e. The molecule has 0 amide bonds. The number of hydrogen-bond acceptors (Lipinski definition) is 7. The van der Waals surface area contributed by atoms with E-state index in [2.05, 4.69) is 25.7 Å². The van der Waals surface area contributed by atoms with Gasteiger partial charge in [-0.2, -0.15) is 4.68 Å². The van der Waals surface area contributed by atoms with E-state index in [9.17, 15) is 0 Å². The first kappa shape index (κ1) is 16.9. The van der Waals surface area contributed by atoms with Gasteiger partial charge in [-0.1, -0.05) is 23.3 Å². The summed E-state index contributed by atoms with van der Waals surface area (Å²) in [5, 5.41) is 16.0. The van der Waals surface area contributed by atoms with E-state index < -0.39 is 0 Å². The Morgan fingerprint density at radius 1 is 1.00 bits per heavy atom. The molecule has 144 valence electrons. The number of benzene rings is 2. The maximum atomic E-state index is 5.69. The van der Waals surface area contributed by atoms with Crippen LogP contribution in [0.25, 0.3) is 5.69 Å². The van der Waals surface area contributed by atoms with Crippen molar-refractivity contribution in [2.45, 2.75) is 18.9 Å². The molecule has 3 aromatic rings. The van der Waals surface area contributed by atoms with Crippen LogP contribution in [0.5, 0.6) is 11.5 Å². The Kier molecular flexibility index (Phi) is 4.44. The Labute approximate surface area is 163 Å². The van der Waals surface area contributed by atoms with Crippen LogP contribution in [0.15, 0.2) is 48.5 Å². The minimum atomic E-state index is 0.303. The molecule has 2 aliphatic rings. The second kappa shape index (κ2) is 7.38. The summed E-state index contributed by atoms with van der Waals surface area (Å²) in [5.41, 5.74) is 2.00. The largest absolute Gasteiger partial charge is 0.486 e. The van der Waals surface area contributed by atoms with Crippen LogP contribution in [0.1, 0.15) is 12.8 Å². The van der Waals surface area contributed by atoms with E-state index in [1.54, 1.807) is 4.68 Å². The standard InChI is InChI=1S/C20H22N6O2/c1-2-6-17(7-3-1)26-20(22-23-24-26)25-10-4-5-16(14-25)21-15-8-9-18-19(13-15)28-12-11-27-18/h1-3,6-9,13,16,21H,4-5,10-12,14H2/t16-/m1/s1. The monoisotopic (exact) mass is 378 g/mol. The van der Waals surface area contributed by atoms with Crippen molar-refractivity contribution in [3.05, 3.63) is 48.5 Å². The molecule has 0 radical (unpaired) electrons. The van der Waals surface area contributed by atoms with E-state index in [1.807, 2.05) is 48.5 Å². The van der Waals surface area contributed by atoms with E-state index in [0.29, 0.717) is 19.3 Å². The van der Waals surface area contributed by atoms with Crippen molar-refractivity contribution >= 4 is 11.6 Å². The van der Waals surface area contributed by atoms with Crippen LogP contribution in [0, 0.1) is 0 Å². The van der Waals surface area contributed by atoms with Crippen molar-refractivity contribution in [3.63, 3.8) is 0 Å². The first-order valence-corrected chi connectivity index (χ1v) is 9.62. The predicted molar refractivity (Wildman–Crippen MR) is 105 cm³/mol. The Morgan fingerprint density at radius 3 is 2.75 bits per heavy atom. The van der Waals surface area contributed by atoms with Gasteiger partial charge in [-0.15, -0.1) is 0 Å². The fourth-order valence-corrected chi connectivity index (χ4v) is 3.76. The van der Waals surface area contributed by atoms with Gasteiger partial charge in [0.1, 0.15) is 13.2 Å². The van der Waals surface area contributed by atoms with Gasteiger partial charge in [0.25, 0.3) is 0 Å². The lowest BCUT2D eigenvalue weighted by Gasteiger charge is -2.34. The molecule has 0 unspecified atom stereocenters. The molecule has 5 rings (SSSR count). The van der Waals surface area contributed by atoms with Crippen LogP contribution in [0.4, 0.5) is 11.6 Å². The summed E-state index contributed by atoms with van der Waals surface area (Å²) in [5.74, 6) is 2.39. The number of ether oxygens (including phenoxy) is 2. The molecule has 1 aromatic heterocycles. The first-order valence-electron chi connectivity index (χ1n) is 9.62. The Morgan fingerprint density at radius 2 is 1.86 bits per heavy atom. The van der Waals surface area contributed by atoms with Crippen LogP contribution >= 0.6 is 0 Å². The molecule has 0 aliphatic carbocycles. The minimum Gasteiger partial charge on any atom is -0.486 e. The van der Waals surface area contributed by atoms with E-state index >= 15 is 0 Å². The maximum absolute atomic E-state index is 5.69. The number of anilines is 2. The highest BCUT2D eigenvalue weighted by Gasteiger charge is 2.25. The lowest BCUT2D eigenvalue weighted by molar-refractivity contribution is 0.171. The average molecular weight is 378 g/mol. The van der Waals surface area contributed by atoms with Gasteiger partial charge in [0.2, 0.25) is 5.95 Å². The van der Waals surface area contributed by atoms with Crippen molar-refractivity contribution in [1.29, 1.82) is 0 Å². The Hall–Kier alpha value is -3.29. The molecule has 8 heteroatoms. The number of piperidine rings is 1. The van der Waals surface area contributed by atoms with E-state index in [0.717, 1.165) is 54.8 Å². The summed E-state index contributed by atoms with van der Waals surface area (Å²) in [6, 6.07) is 16.3. The zero-order valence-corrected chi connectivity index (χ0v) is 15.5. The molecule has 1 N–H and O–H groups in total. The molecule has 8 nitrogen and oxygen atoms in total. The number of para-hydroxylation sites is 1. The number of nitrogens with zero attached hydrogens (tertiary/aromatic N) is 5. The molecule has 2 aliphatic heterocycles. The molecular weight excluding hydrogens is 356 g/mol. The van der Waals surface area contributed by atoms with Crippen LogP contribution < -0.4 is 19.7 Å². The van der Waals surface area contributed by atoms with Crippen molar-refractivity contribution in [1.82, 2.24) is 20.2 Å². The summed E-state index contributed by atoms with van der Waals surface area (Å²) >= 11 is 0. The van der Waals surface area contributed by atoms with Gasteiger partial charge in [-0.05, 0) is 47.5 Å². The normalized spacial score (nSPS) is 18.7. The molecule has 1 atom stereocenters. The zero-order chi connectivity index (χ0) is 18.8. The summed E-state index contributed by atoms with van der Waals surface area (Å²) in [7, 11) is 0. The topological polar surface area (TPSA) is 77.3 Å². The van der Waals surface area contributed by atoms with Gasteiger partial charge in [-0.25, -0.2) is 0 Å². The van der Waals surface area contributed by atoms with Gasteiger partial charge in [0, 0.05) is 30.9 Å². The molecule has 1 fully saturated rings. The summed E-state index contributed by atoms with van der Waals surface area (Å²) < 4.78 is 13.1. The summed E-state index contributed by atoms with van der Waals surface area (Å²) in [6.07, 6.45) is 2.17. The van der Waals surface area contributed by atoms with Crippen molar-refractivity contribution in [2.75, 3.05) is 36.5 Å². The quantitative estimate of drug-likeness (QED) is 0.747. The predicted octanol–water partition coefficient (Wildman–Crippen LogP) is 2.51. The molecule has 0 spiro atoms. The molecule has 0 bridgehead atoms. The van der Waals surface area contributed by atoms with E-state index in [4.69, 9.17) is 9.47 Å². The highest BCUT2D eigenvalue weighted by atomic mass is 16.6. The van der Waals surface area contributed by atoms with Crippen molar-refractivity contribution in [3.8, 4) is 17.2 Å². The summed E-state index contributed by atoms with van der Waals surface area (Å²) in [4.78, 5) is 2.24. The van der Waals surface area contributed by atoms with Crippen LogP contribution in [-0.2, 0) is 0 Å². The maximum Gasteiger partial charge on any atom is 0.250 e. The molecule has 3 heterocycles. The van der Waals surface area contributed by atoms with Gasteiger partial charge < -0.3 is 19.7 Å². The Bertz CT molecular complexity index is 945. The van der Waals surface area contributed by atoms with E-state index in [-0.39, 0.29) is 0 Å². The highest BCUT2D eigenvalue weighted by molar-refractivity contribution is 5.56. The lowest BCUT2D eigenvalue weighted by atomic mass is 10.1. The second-order valence-corrected chi connectivity index (χ2v) is 7.01. The molecule has 1 saturated heterocycles. The molecule has 0 saturated carbocycles.